The number of rotatable bonds is 9. The molecule has 0 fully saturated rings. The highest BCUT2D eigenvalue weighted by Gasteiger charge is 2.23. The van der Waals surface area contributed by atoms with Crippen molar-refractivity contribution >= 4 is 11.9 Å². The summed E-state index contributed by atoms with van der Waals surface area (Å²) < 4.78 is 5.26. The Morgan fingerprint density at radius 1 is 1.35 bits per heavy atom. The lowest BCUT2D eigenvalue weighted by Crippen LogP contribution is -2.38. The van der Waals surface area contributed by atoms with E-state index in [1.54, 1.807) is 19.1 Å². The van der Waals surface area contributed by atoms with E-state index < -0.39 is 11.9 Å². The van der Waals surface area contributed by atoms with Gasteiger partial charge in [0.1, 0.15) is 5.75 Å². The maximum atomic E-state index is 12.6. The molecule has 6 heteroatoms. The third-order valence-electron chi connectivity index (χ3n) is 3.51. The van der Waals surface area contributed by atoms with E-state index in [0.717, 1.165) is 5.56 Å². The zero-order chi connectivity index (χ0) is 17.4. The quantitative estimate of drug-likeness (QED) is 0.681. The number of benzene rings is 1. The second kappa shape index (κ2) is 9.15. The van der Waals surface area contributed by atoms with E-state index in [1.807, 2.05) is 13.8 Å². The molecule has 1 unspecified atom stereocenters. The van der Waals surface area contributed by atoms with Gasteiger partial charge in [0.2, 0.25) is 0 Å². The molecule has 0 heterocycles. The first-order valence-electron chi connectivity index (χ1n) is 7.76. The van der Waals surface area contributed by atoms with Crippen LogP contribution in [-0.2, 0) is 9.53 Å². The monoisotopic (exact) mass is 323 g/mol. The molecule has 1 atom stereocenters. The van der Waals surface area contributed by atoms with E-state index in [-0.39, 0.29) is 23.8 Å². The molecule has 0 saturated carbocycles. The number of aliphatic carboxylic acids is 1. The molecule has 1 rings (SSSR count). The highest BCUT2D eigenvalue weighted by Crippen LogP contribution is 2.21. The van der Waals surface area contributed by atoms with Crippen molar-refractivity contribution < 1.29 is 24.5 Å². The summed E-state index contributed by atoms with van der Waals surface area (Å²) in [5.74, 6) is -2.10. The highest BCUT2D eigenvalue weighted by molar-refractivity contribution is 5.97. The maximum absolute atomic E-state index is 12.6. The Bertz CT molecular complexity index is 544. The highest BCUT2D eigenvalue weighted by atomic mass is 16.5. The number of hydrogen-bond donors (Lipinski definition) is 2. The fraction of sp³-hybridized carbons (Fsp3) is 0.529. The SMILES string of the molecule is CCOCCCN(CC(C)C(=O)O)C(=O)c1ccc(C)cc1O. The largest absolute Gasteiger partial charge is 0.507 e. The van der Waals surface area contributed by atoms with Crippen LogP contribution in [0.2, 0.25) is 0 Å². The van der Waals surface area contributed by atoms with Gasteiger partial charge in [-0.25, -0.2) is 0 Å². The number of hydrogen-bond acceptors (Lipinski definition) is 4. The standard InChI is InChI=1S/C17H25NO5/c1-4-23-9-5-8-18(11-13(3)17(21)22)16(20)14-7-6-12(2)10-15(14)19/h6-7,10,13,19H,4-5,8-9,11H2,1-3H3,(H,21,22). The predicted molar refractivity (Wildman–Crippen MR) is 86.7 cm³/mol. The minimum atomic E-state index is -0.958. The van der Waals surface area contributed by atoms with E-state index in [4.69, 9.17) is 9.84 Å². The Labute approximate surface area is 136 Å². The van der Waals surface area contributed by atoms with Crippen LogP contribution in [0.5, 0.6) is 5.75 Å². The van der Waals surface area contributed by atoms with Crippen LogP contribution < -0.4 is 0 Å². The van der Waals surface area contributed by atoms with Crippen LogP contribution in [0.4, 0.5) is 0 Å². The molecule has 0 aliphatic rings. The van der Waals surface area contributed by atoms with Crippen LogP contribution in [0.1, 0.15) is 36.2 Å². The lowest BCUT2D eigenvalue weighted by molar-refractivity contribution is -0.141. The topological polar surface area (TPSA) is 87.1 Å². The third kappa shape index (κ3) is 5.90. The number of carbonyl (C=O) groups is 2. The van der Waals surface area contributed by atoms with Gasteiger partial charge in [-0.3, -0.25) is 9.59 Å². The molecule has 0 aliphatic heterocycles. The summed E-state index contributed by atoms with van der Waals surface area (Å²) in [6.45, 7) is 6.83. The Kier molecular flexibility index (Phi) is 7.54. The van der Waals surface area contributed by atoms with E-state index in [9.17, 15) is 14.7 Å². The molecule has 1 aromatic carbocycles. The summed E-state index contributed by atoms with van der Waals surface area (Å²) in [5.41, 5.74) is 1.03. The normalized spacial score (nSPS) is 12.0. The van der Waals surface area contributed by atoms with Crippen LogP contribution in [0.3, 0.4) is 0 Å². The van der Waals surface area contributed by atoms with Crippen LogP contribution in [0.25, 0.3) is 0 Å². The van der Waals surface area contributed by atoms with E-state index in [0.29, 0.717) is 26.2 Å². The van der Waals surface area contributed by atoms with E-state index in [2.05, 4.69) is 0 Å². The number of amides is 1. The van der Waals surface area contributed by atoms with Crippen molar-refractivity contribution in [1.29, 1.82) is 0 Å². The molecule has 0 aliphatic carbocycles. The number of phenols is 1. The molecular formula is C17H25NO5. The van der Waals surface area contributed by atoms with Gasteiger partial charge < -0.3 is 19.8 Å². The van der Waals surface area contributed by atoms with Crippen LogP contribution in [-0.4, -0.2) is 53.3 Å². The van der Waals surface area contributed by atoms with Crippen molar-refractivity contribution in [2.75, 3.05) is 26.3 Å². The number of carboxylic acid groups (broad SMARTS) is 1. The molecule has 6 nitrogen and oxygen atoms in total. The summed E-state index contributed by atoms with van der Waals surface area (Å²) in [7, 11) is 0. The van der Waals surface area contributed by atoms with Crippen molar-refractivity contribution in [3.63, 3.8) is 0 Å². The molecule has 2 N–H and O–H groups in total. The Hall–Kier alpha value is -2.08. The Morgan fingerprint density at radius 3 is 2.61 bits per heavy atom. The number of carboxylic acids is 1. The third-order valence-corrected chi connectivity index (χ3v) is 3.51. The Morgan fingerprint density at radius 2 is 2.04 bits per heavy atom. The number of nitrogens with zero attached hydrogens (tertiary/aromatic N) is 1. The number of ether oxygens (including phenoxy) is 1. The molecule has 0 radical (unpaired) electrons. The molecule has 0 bridgehead atoms. The predicted octanol–water partition coefficient (Wildman–Crippen LogP) is 2.29. The van der Waals surface area contributed by atoms with E-state index in [1.165, 1.54) is 11.0 Å². The number of aromatic hydroxyl groups is 1. The van der Waals surface area contributed by atoms with Gasteiger partial charge in [-0.15, -0.1) is 0 Å². The molecule has 1 aromatic rings. The van der Waals surface area contributed by atoms with Crippen molar-refractivity contribution in [2.45, 2.75) is 27.2 Å². The molecule has 23 heavy (non-hydrogen) atoms. The lowest BCUT2D eigenvalue weighted by Gasteiger charge is -2.25. The number of carbonyl (C=O) groups excluding carboxylic acids is 1. The molecule has 1 amide bonds. The number of phenolic OH excluding ortho intramolecular Hbond substituents is 1. The van der Waals surface area contributed by atoms with Crippen molar-refractivity contribution in [1.82, 2.24) is 4.90 Å². The van der Waals surface area contributed by atoms with Gasteiger partial charge >= 0.3 is 5.97 Å². The maximum Gasteiger partial charge on any atom is 0.308 e. The van der Waals surface area contributed by atoms with Crippen molar-refractivity contribution in [3.05, 3.63) is 29.3 Å². The average molecular weight is 323 g/mol. The van der Waals surface area contributed by atoms with Crippen molar-refractivity contribution in [3.8, 4) is 5.75 Å². The number of aryl methyl sites for hydroxylation is 1. The van der Waals surface area contributed by atoms with Gasteiger partial charge in [0, 0.05) is 26.3 Å². The first-order chi connectivity index (χ1) is 10.9. The zero-order valence-corrected chi connectivity index (χ0v) is 13.9. The van der Waals surface area contributed by atoms with Crippen LogP contribution >= 0.6 is 0 Å². The molecule has 0 aromatic heterocycles. The summed E-state index contributed by atoms with van der Waals surface area (Å²) in [6.07, 6.45) is 0.610. The van der Waals surface area contributed by atoms with Gasteiger partial charge in [0.15, 0.2) is 0 Å². The smallest absolute Gasteiger partial charge is 0.308 e. The zero-order valence-electron chi connectivity index (χ0n) is 13.9. The van der Waals surface area contributed by atoms with Gasteiger partial charge in [-0.05, 0) is 38.0 Å². The first kappa shape index (κ1) is 19.0. The van der Waals surface area contributed by atoms with E-state index >= 15 is 0 Å². The first-order valence-corrected chi connectivity index (χ1v) is 7.76. The fourth-order valence-corrected chi connectivity index (χ4v) is 2.18. The molecule has 0 saturated heterocycles. The Balaban J connectivity index is 2.87. The molecule has 0 spiro atoms. The van der Waals surface area contributed by atoms with Crippen LogP contribution in [0, 0.1) is 12.8 Å². The second-order valence-electron chi connectivity index (χ2n) is 5.56. The van der Waals surface area contributed by atoms with Gasteiger partial charge in [0.25, 0.3) is 5.91 Å². The van der Waals surface area contributed by atoms with Crippen LogP contribution in [0.15, 0.2) is 18.2 Å². The van der Waals surface area contributed by atoms with Gasteiger partial charge in [0.05, 0.1) is 11.5 Å². The summed E-state index contributed by atoms with van der Waals surface area (Å²) in [6, 6.07) is 4.83. The summed E-state index contributed by atoms with van der Waals surface area (Å²) >= 11 is 0. The van der Waals surface area contributed by atoms with Gasteiger partial charge in [-0.2, -0.15) is 0 Å². The average Bonchev–Trinajstić information content (AvgIpc) is 2.49. The summed E-state index contributed by atoms with van der Waals surface area (Å²) in [4.78, 5) is 25.2. The second-order valence-corrected chi connectivity index (χ2v) is 5.56. The minimum absolute atomic E-state index is 0.0900. The lowest BCUT2D eigenvalue weighted by atomic mass is 10.1. The minimum Gasteiger partial charge on any atom is -0.507 e. The molecular weight excluding hydrogens is 298 g/mol. The van der Waals surface area contributed by atoms with Crippen molar-refractivity contribution in [2.24, 2.45) is 5.92 Å². The molecule has 128 valence electrons. The fourth-order valence-electron chi connectivity index (χ4n) is 2.18. The summed E-state index contributed by atoms with van der Waals surface area (Å²) in [5, 5.41) is 19.0. The van der Waals surface area contributed by atoms with Gasteiger partial charge in [-0.1, -0.05) is 13.0 Å².